The molecule has 1 aromatic rings. The molecule has 0 spiro atoms. The Balaban J connectivity index is 1.28. The topological polar surface area (TPSA) is 136 Å². The lowest BCUT2D eigenvalue weighted by atomic mass is 9.70. The zero-order chi connectivity index (χ0) is 28.9. The Morgan fingerprint density at radius 2 is 1.82 bits per heavy atom. The van der Waals surface area contributed by atoms with Gasteiger partial charge in [-0.05, 0) is 85.5 Å². The van der Waals surface area contributed by atoms with E-state index in [1.807, 2.05) is 0 Å². The van der Waals surface area contributed by atoms with Crippen LogP contribution in [-0.2, 0) is 25.5 Å². The molecule has 9 nitrogen and oxygen atoms in total. The lowest BCUT2D eigenvalue weighted by Gasteiger charge is -2.41. The molecule has 40 heavy (non-hydrogen) atoms. The smallest absolute Gasteiger partial charge is 0.329 e. The molecular formula is C30H42N2O7S. The maximum atomic E-state index is 14.1. The number of fused-ring (bicyclic) bond motifs is 2. The minimum atomic E-state index is -1.45. The van der Waals surface area contributed by atoms with Gasteiger partial charge in [-0.3, -0.25) is 9.59 Å². The summed E-state index contributed by atoms with van der Waals surface area (Å²) >= 11 is 1.71. The third kappa shape index (κ3) is 4.95. The number of aliphatic hydroxyl groups is 1. The molecule has 2 heterocycles. The van der Waals surface area contributed by atoms with E-state index in [2.05, 4.69) is 26.1 Å². The number of rotatable bonds is 7. The molecule has 4 fully saturated rings. The van der Waals surface area contributed by atoms with Gasteiger partial charge in [0.2, 0.25) is 11.8 Å². The summed E-state index contributed by atoms with van der Waals surface area (Å²) in [7, 11) is 0. The fourth-order valence-electron chi connectivity index (χ4n) is 7.50. The van der Waals surface area contributed by atoms with Crippen LogP contribution in [0.3, 0.4) is 0 Å². The summed E-state index contributed by atoms with van der Waals surface area (Å²) < 4.78 is 6.17. The molecule has 4 N–H and O–H groups in total. The number of ether oxygens (including phenoxy) is 1. The third-order valence-electron chi connectivity index (χ3n) is 10.6. The van der Waals surface area contributed by atoms with Gasteiger partial charge < -0.3 is 30.3 Å². The van der Waals surface area contributed by atoms with Crippen LogP contribution >= 0.6 is 11.8 Å². The minimum Gasteiger partial charge on any atom is -0.504 e. The summed E-state index contributed by atoms with van der Waals surface area (Å²) in [5.74, 6) is -0.0504. The Bertz CT molecular complexity index is 1170. The second kappa shape index (κ2) is 10.7. The van der Waals surface area contributed by atoms with Crippen LogP contribution in [0.4, 0.5) is 0 Å². The third-order valence-corrected chi connectivity index (χ3v) is 11.6. The van der Waals surface area contributed by atoms with Crippen LogP contribution in [0.1, 0.15) is 71.3 Å². The molecule has 2 aliphatic heterocycles. The Morgan fingerprint density at radius 3 is 2.45 bits per heavy atom. The normalized spacial score (nSPS) is 31.1. The summed E-state index contributed by atoms with van der Waals surface area (Å²) in [4.78, 5) is 42.4. The van der Waals surface area contributed by atoms with E-state index in [-0.39, 0.29) is 46.7 Å². The molecule has 5 unspecified atom stereocenters. The van der Waals surface area contributed by atoms with E-state index in [9.17, 15) is 29.7 Å². The number of hydrogen-bond acceptors (Lipinski definition) is 8. The molecule has 0 aromatic heterocycles. The summed E-state index contributed by atoms with van der Waals surface area (Å²) in [6, 6.07) is 3.43. The first-order valence-electron chi connectivity index (χ1n) is 14.5. The SMILES string of the molecule is CC1(C)C2CCC1(C)C(OC(=O)C1CCCN1C(=O)C1(NC(=O)C(O)Cc3ccc(O)c(O)c3)CCSCC1)C2. The highest BCUT2D eigenvalue weighted by Crippen LogP contribution is 2.66. The van der Waals surface area contributed by atoms with Crippen LogP contribution in [-0.4, -0.2) is 79.8 Å². The van der Waals surface area contributed by atoms with Gasteiger partial charge in [0.15, 0.2) is 11.5 Å². The number of carbonyl (C=O) groups excluding carboxylic acids is 3. The maximum absolute atomic E-state index is 14.1. The fourth-order valence-corrected chi connectivity index (χ4v) is 8.69. The number of aromatic hydroxyl groups is 2. The van der Waals surface area contributed by atoms with Gasteiger partial charge in [0.1, 0.15) is 23.8 Å². The first kappa shape index (κ1) is 29.0. The number of phenolic OH excluding ortho intramolecular Hbond substituents is 2. The zero-order valence-electron chi connectivity index (χ0n) is 23.6. The number of benzene rings is 1. The molecule has 220 valence electrons. The van der Waals surface area contributed by atoms with Crippen LogP contribution in [0, 0.1) is 16.7 Å². The molecule has 2 amide bonds. The Kier molecular flexibility index (Phi) is 7.80. The van der Waals surface area contributed by atoms with Gasteiger partial charge in [0, 0.05) is 18.4 Å². The number of hydrogen-bond donors (Lipinski definition) is 4. The second-order valence-corrected chi connectivity index (χ2v) is 14.1. The predicted octanol–water partition coefficient (Wildman–Crippen LogP) is 3.13. The summed E-state index contributed by atoms with van der Waals surface area (Å²) in [6.07, 6.45) is 3.40. The van der Waals surface area contributed by atoms with Gasteiger partial charge in [-0.1, -0.05) is 26.8 Å². The number of phenols is 2. The number of nitrogens with zero attached hydrogens (tertiary/aromatic N) is 1. The van der Waals surface area contributed by atoms with Crippen molar-refractivity contribution in [3.63, 3.8) is 0 Å². The maximum Gasteiger partial charge on any atom is 0.329 e. The first-order chi connectivity index (χ1) is 18.9. The lowest BCUT2D eigenvalue weighted by molar-refractivity contribution is -0.166. The Labute approximate surface area is 240 Å². The van der Waals surface area contributed by atoms with Gasteiger partial charge in [-0.15, -0.1) is 0 Å². The number of likely N-dealkylation sites (tertiary alicyclic amines) is 1. The van der Waals surface area contributed by atoms with Gasteiger partial charge in [-0.2, -0.15) is 11.8 Å². The highest BCUT2D eigenvalue weighted by atomic mass is 32.2. The highest BCUT2D eigenvalue weighted by molar-refractivity contribution is 7.99. The van der Waals surface area contributed by atoms with Crippen molar-refractivity contribution >= 4 is 29.5 Å². The fraction of sp³-hybridized carbons (Fsp3) is 0.700. The summed E-state index contributed by atoms with van der Waals surface area (Å²) in [5, 5.41) is 32.8. The van der Waals surface area contributed by atoms with Crippen LogP contribution in [0.25, 0.3) is 0 Å². The van der Waals surface area contributed by atoms with Crippen molar-refractivity contribution in [1.29, 1.82) is 0 Å². The molecule has 5 rings (SSSR count). The Hall–Kier alpha value is -2.46. The van der Waals surface area contributed by atoms with E-state index in [0.29, 0.717) is 55.2 Å². The van der Waals surface area contributed by atoms with E-state index in [1.165, 1.54) is 18.2 Å². The molecule has 4 aliphatic rings. The second-order valence-electron chi connectivity index (χ2n) is 12.9. The molecule has 1 aromatic carbocycles. The standard InChI is InChI=1S/C30H42N2O7S/c1-28(2)19-8-9-29(28,3)24(17-19)39-26(37)20-5-4-12-32(20)27(38)30(10-13-40-14-11-30)31-25(36)23(35)16-18-6-7-21(33)22(34)15-18/h6-7,15,19-20,23-24,33-35H,4-5,8-14,16-17H2,1-3H3,(H,31,36). The zero-order valence-corrected chi connectivity index (χ0v) is 24.5. The molecule has 0 radical (unpaired) electrons. The van der Waals surface area contributed by atoms with E-state index < -0.39 is 23.6 Å². The van der Waals surface area contributed by atoms with E-state index >= 15 is 0 Å². The molecule has 2 saturated carbocycles. The van der Waals surface area contributed by atoms with Crippen molar-refractivity contribution in [2.75, 3.05) is 18.1 Å². The Morgan fingerprint density at radius 1 is 1.10 bits per heavy atom. The minimum absolute atomic E-state index is 0.0685. The van der Waals surface area contributed by atoms with Crippen molar-refractivity contribution in [2.45, 2.75) is 95.9 Å². The molecule has 2 bridgehead atoms. The van der Waals surface area contributed by atoms with Crippen molar-refractivity contribution in [1.82, 2.24) is 10.2 Å². The number of aliphatic hydroxyl groups excluding tert-OH is 1. The number of amides is 2. The first-order valence-corrected chi connectivity index (χ1v) is 15.6. The van der Waals surface area contributed by atoms with E-state index in [1.54, 1.807) is 16.7 Å². The average Bonchev–Trinajstić information content (AvgIpc) is 3.54. The summed E-state index contributed by atoms with van der Waals surface area (Å²) in [5.41, 5.74) is -0.695. The van der Waals surface area contributed by atoms with Crippen LogP contribution < -0.4 is 5.32 Å². The average molecular weight is 575 g/mol. The molecular weight excluding hydrogens is 532 g/mol. The van der Waals surface area contributed by atoms with Crippen molar-refractivity contribution in [2.24, 2.45) is 16.7 Å². The van der Waals surface area contributed by atoms with Crippen LogP contribution in [0.2, 0.25) is 0 Å². The predicted molar refractivity (Wildman–Crippen MR) is 151 cm³/mol. The van der Waals surface area contributed by atoms with E-state index in [4.69, 9.17) is 4.74 Å². The van der Waals surface area contributed by atoms with Gasteiger partial charge in [0.05, 0.1) is 0 Å². The summed E-state index contributed by atoms with van der Waals surface area (Å²) in [6.45, 7) is 7.20. The van der Waals surface area contributed by atoms with Crippen LogP contribution in [0.15, 0.2) is 18.2 Å². The van der Waals surface area contributed by atoms with Gasteiger partial charge in [0.25, 0.3) is 0 Å². The molecule has 10 heteroatoms. The van der Waals surface area contributed by atoms with Gasteiger partial charge >= 0.3 is 5.97 Å². The van der Waals surface area contributed by atoms with Crippen molar-refractivity contribution < 1.29 is 34.4 Å². The van der Waals surface area contributed by atoms with Crippen molar-refractivity contribution in [3.8, 4) is 11.5 Å². The van der Waals surface area contributed by atoms with Crippen LogP contribution in [0.5, 0.6) is 11.5 Å². The van der Waals surface area contributed by atoms with Gasteiger partial charge in [-0.25, -0.2) is 4.79 Å². The molecule has 5 atom stereocenters. The monoisotopic (exact) mass is 574 g/mol. The number of nitrogens with one attached hydrogen (secondary N) is 1. The van der Waals surface area contributed by atoms with Crippen molar-refractivity contribution in [3.05, 3.63) is 23.8 Å². The lowest BCUT2D eigenvalue weighted by Crippen LogP contribution is -2.64. The largest absolute Gasteiger partial charge is 0.504 e. The molecule has 2 aliphatic carbocycles. The highest BCUT2D eigenvalue weighted by Gasteiger charge is 2.63. The van der Waals surface area contributed by atoms with E-state index in [0.717, 1.165) is 19.3 Å². The number of thioether (sulfide) groups is 1. The number of esters is 1. The quantitative estimate of drug-likeness (QED) is 0.288. The number of carbonyl (C=O) groups is 3. The molecule has 2 saturated heterocycles.